The van der Waals surface area contributed by atoms with Crippen molar-refractivity contribution in [2.45, 2.75) is 53.9 Å². The van der Waals surface area contributed by atoms with E-state index in [4.69, 9.17) is 11.2 Å². The molecular weight excluding hydrogens is 292 g/mol. The average Bonchev–Trinajstić information content (AvgIpc) is 2.50. The molecule has 0 amide bonds. The van der Waals surface area contributed by atoms with Crippen LogP contribution < -0.4 is 0 Å². The standard InChI is InChI=1S/C23H32O/c1-7-17-24-18-15-20(3)11-8-10-19(2)13-14-22-21(4)12-9-16-23(22,5)6/h1,8,10-11,13-15H,9,12,16-18H2,2-6H3/b11-8+,14-13+,19-10+,20-15+. The van der Waals surface area contributed by atoms with E-state index in [9.17, 15) is 0 Å². The zero-order valence-corrected chi connectivity index (χ0v) is 16.0. The lowest BCUT2D eigenvalue weighted by molar-refractivity contribution is 0.199. The number of terminal acetylenes is 1. The predicted octanol–water partition coefficient (Wildman–Crippen LogP) is 6.17. The molecule has 0 spiro atoms. The fourth-order valence-corrected chi connectivity index (χ4v) is 3.01. The van der Waals surface area contributed by atoms with Gasteiger partial charge < -0.3 is 4.74 Å². The van der Waals surface area contributed by atoms with Crippen LogP contribution in [0.3, 0.4) is 0 Å². The molecule has 1 nitrogen and oxygen atoms in total. The van der Waals surface area contributed by atoms with Gasteiger partial charge in [-0.3, -0.25) is 0 Å². The summed E-state index contributed by atoms with van der Waals surface area (Å²) in [5.74, 6) is 2.46. The van der Waals surface area contributed by atoms with E-state index < -0.39 is 0 Å². The van der Waals surface area contributed by atoms with Gasteiger partial charge in [-0.2, -0.15) is 0 Å². The quantitative estimate of drug-likeness (QED) is 0.309. The summed E-state index contributed by atoms with van der Waals surface area (Å²) >= 11 is 0. The number of hydrogen-bond donors (Lipinski definition) is 0. The van der Waals surface area contributed by atoms with Crippen molar-refractivity contribution >= 4 is 0 Å². The molecule has 0 aromatic carbocycles. The van der Waals surface area contributed by atoms with Crippen LogP contribution in [-0.4, -0.2) is 13.2 Å². The molecule has 0 saturated heterocycles. The van der Waals surface area contributed by atoms with Crippen molar-refractivity contribution in [2.75, 3.05) is 13.2 Å². The lowest BCUT2D eigenvalue weighted by atomic mass is 9.72. The Balaban J connectivity index is 2.64. The second-order valence-corrected chi connectivity index (χ2v) is 7.20. The SMILES string of the molecule is C#CCOC/C=C(C)/C=C/C=C(C)/C=C/C1=C(C)CCCC1(C)C. The van der Waals surface area contributed by atoms with Crippen LogP contribution in [-0.2, 0) is 4.74 Å². The Kier molecular flexibility index (Phi) is 8.58. The van der Waals surface area contributed by atoms with E-state index >= 15 is 0 Å². The van der Waals surface area contributed by atoms with Gasteiger partial charge in [0.1, 0.15) is 6.61 Å². The Bertz CT molecular complexity index is 600. The van der Waals surface area contributed by atoms with E-state index in [1.807, 2.05) is 6.08 Å². The molecule has 0 radical (unpaired) electrons. The Morgan fingerprint density at radius 1 is 1.25 bits per heavy atom. The predicted molar refractivity (Wildman–Crippen MR) is 106 cm³/mol. The zero-order valence-electron chi connectivity index (χ0n) is 16.0. The maximum atomic E-state index is 5.24. The van der Waals surface area contributed by atoms with Crippen molar-refractivity contribution in [3.8, 4) is 12.3 Å². The highest BCUT2D eigenvalue weighted by Crippen LogP contribution is 2.40. The first-order valence-corrected chi connectivity index (χ1v) is 8.78. The van der Waals surface area contributed by atoms with Gasteiger partial charge in [0, 0.05) is 0 Å². The molecule has 1 rings (SSSR count). The van der Waals surface area contributed by atoms with Gasteiger partial charge in [0.15, 0.2) is 0 Å². The van der Waals surface area contributed by atoms with Gasteiger partial charge in [0.05, 0.1) is 6.61 Å². The smallest absolute Gasteiger partial charge is 0.107 e. The number of allylic oxidation sites excluding steroid dienone is 9. The van der Waals surface area contributed by atoms with E-state index in [0.717, 1.165) is 0 Å². The van der Waals surface area contributed by atoms with Crippen LogP contribution in [0.1, 0.15) is 53.9 Å². The number of ether oxygens (including phenoxy) is 1. The van der Waals surface area contributed by atoms with Crippen molar-refractivity contribution in [2.24, 2.45) is 5.41 Å². The Morgan fingerprint density at radius 2 is 2.00 bits per heavy atom. The molecule has 1 heteroatoms. The molecule has 0 fully saturated rings. The van der Waals surface area contributed by atoms with Crippen LogP contribution in [0.2, 0.25) is 0 Å². The van der Waals surface area contributed by atoms with Gasteiger partial charge in [0.2, 0.25) is 0 Å². The molecule has 0 N–H and O–H groups in total. The van der Waals surface area contributed by atoms with Crippen molar-refractivity contribution in [3.63, 3.8) is 0 Å². The summed E-state index contributed by atoms with van der Waals surface area (Å²) in [6.07, 6.45) is 21.8. The van der Waals surface area contributed by atoms with Crippen LogP contribution in [0.15, 0.2) is 58.7 Å². The highest BCUT2D eigenvalue weighted by molar-refractivity contribution is 5.37. The lowest BCUT2D eigenvalue weighted by Crippen LogP contribution is -2.19. The highest BCUT2D eigenvalue weighted by atomic mass is 16.5. The Hall–Kier alpha value is -1.78. The lowest BCUT2D eigenvalue weighted by Gasteiger charge is -2.32. The minimum atomic E-state index is 0.298. The molecule has 0 bridgehead atoms. The van der Waals surface area contributed by atoms with Gasteiger partial charge in [-0.25, -0.2) is 0 Å². The molecule has 0 aromatic rings. The third kappa shape index (κ3) is 7.20. The van der Waals surface area contributed by atoms with Crippen molar-refractivity contribution in [1.82, 2.24) is 0 Å². The first-order chi connectivity index (χ1) is 11.4. The van der Waals surface area contributed by atoms with Crippen molar-refractivity contribution in [3.05, 3.63) is 58.7 Å². The summed E-state index contributed by atoms with van der Waals surface area (Å²) in [6.45, 7) is 12.1. The van der Waals surface area contributed by atoms with E-state index in [0.29, 0.717) is 18.6 Å². The van der Waals surface area contributed by atoms with Crippen LogP contribution in [0, 0.1) is 17.8 Å². The summed E-state index contributed by atoms with van der Waals surface area (Å²) in [4.78, 5) is 0. The van der Waals surface area contributed by atoms with Crippen molar-refractivity contribution in [1.29, 1.82) is 0 Å². The monoisotopic (exact) mass is 324 g/mol. The molecule has 24 heavy (non-hydrogen) atoms. The molecule has 1 aliphatic carbocycles. The summed E-state index contributed by atoms with van der Waals surface area (Å²) in [5.41, 5.74) is 5.77. The summed E-state index contributed by atoms with van der Waals surface area (Å²) in [5, 5.41) is 0. The second kappa shape index (κ2) is 10.2. The van der Waals surface area contributed by atoms with Gasteiger partial charge in [-0.15, -0.1) is 6.42 Å². The van der Waals surface area contributed by atoms with Gasteiger partial charge in [-0.05, 0) is 51.0 Å². The molecule has 0 atom stereocenters. The Labute approximate surface area is 148 Å². The fourth-order valence-electron chi connectivity index (χ4n) is 3.01. The first-order valence-electron chi connectivity index (χ1n) is 8.78. The number of hydrogen-bond acceptors (Lipinski definition) is 1. The van der Waals surface area contributed by atoms with E-state index in [1.165, 1.54) is 41.6 Å². The average molecular weight is 325 g/mol. The third-order valence-electron chi connectivity index (χ3n) is 4.48. The summed E-state index contributed by atoms with van der Waals surface area (Å²) in [6, 6.07) is 0. The van der Waals surface area contributed by atoms with Gasteiger partial charge in [-0.1, -0.05) is 72.9 Å². The minimum absolute atomic E-state index is 0.298. The third-order valence-corrected chi connectivity index (χ3v) is 4.48. The topological polar surface area (TPSA) is 9.23 Å². The Morgan fingerprint density at radius 3 is 2.67 bits per heavy atom. The maximum Gasteiger partial charge on any atom is 0.107 e. The maximum absolute atomic E-state index is 5.24. The van der Waals surface area contributed by atoms with Crippen LogP contribution in [0.4, 0.5) is 0 Å². The second-order valence-electron chi connectivity index (χ2n) is 7.20. The zero-order chi connectivity index (χ0) is 18.0. The molecule has 0 aliphatic heterocycles. The first kappa shape index (κ1) is 20.3. The molecule has 0 aromatic heterocycles. The summed E-state index contributed by atoms with van der Waals surface area (Å²) in [7, 11) is 0. The van der Waals surface area contributed by atoms with E-state index in [1.54, 1.807) is 0 Å². The largest absolute Gasteiger partial charge is 0.365 e. The van der Waals surface area contributed by atoms with Gasteiger partial charge >= 0.3 is 0 Å². The van der Waals surface area contributed by atoms with Crippen LogP contribution in [0.25, 0.3) is 0 Å². The van der Waals surface area contributed by atoms with E-state index in [2.05, 4.69) is 70.9 Å². The molecule has 1 aliphatic rings. The molecule has 0 saturated carbocycles. The van der Waals surface area contributed by atoms with Gasteiger partial charge in [0.25, 0.3) is 0 Å². The number of rotatable bonds is 7. The fraction of sp³-hybridized carbons (Fsp3) is 0.478. The minimum Gasteiger partial charge on any atom is -0.365 e. The van der Waals surface area contributed by atoms with Crippen molar-refractivity contribution < 1.29 is 4.74 Å². The molecule has 0 heterocycles. The van der Waals surface area contributed by atoms with Crippen LogP contribution >= 0.6 is 0 Å². The van der Waals surface area contributed by atoms with E-state index in [-0.39, 0.29) is 0 Å². The summed E-state index contributed by atoms with van der Waals surface area (Å²) < 4.78 is 5.24. The normalized spacial score (nSPS) is 19.3. The molecule has 130 valence electrons. The molecular formula is C23H32O. The highest BCUT2D eigenvalue weighted by Gasteiger charge is 2.26. The van der Waals surface area contributed by atoms with Crippen LogP contribution in [0.5, 0.6) is 0 Å². The molecule has 0 unspecified atom stereocenters.